The minimum atomic E-state index is 0.184. The zero-order chi connectivity index (χ0) is 14.0. The van der Waals surface area contributed by atoms with Crippen LogP contribution in [0, 0.1) is 5.92 Å². The van der Waals surface area contributed by atoms with Crippen molar-refractivity contribution in [3.63, 3.8) is 0 Å². The Bertz CT molecular complexity index is 563. The van der Waals surface area contributed by atoms with Crippen LogP contribution in [0.2, 0.25) is 0 Å². The van der Waals surface area contributed by atoms with Gasteiger partial charge in [-0.1, -0.05) is 13.8 Å². The van der Waals surface area contributed by atoms with E-state index < -0.39 is 0 Å². The van der Waals surface area contributed by atoms with Gasteiger partial charge < -0.3 is 10.1 Å². The van der Waals surface area contributed by atoms with Gasteiger partial charge in [0.1, 0.15) is 12.4 Å². The summed E-state index contributed by atoms with van der Waals surface area (Å²) in [7, 11) is 3.71. The third-order valence-electron chi connectivity index (χ3n) is 3.29. The Morgan fingerprint density at radius 1 is 1.32 bits per heavy atom. The van der Waals surface area contributed by atoms with E-state index in [1.54, 1.807) is 10.9 Å². The number of rotatable bonds is 5. The molecule has 0 amide bonds. The van der Waals surface area contributed by atoms with Crippen LogP contribution in [0.15, 0.2) is 6.20 Å². The van der Waals surface area contributed by atoms with Crippen LogP contribution in [-0.2, 0) is 18.4 Å². The number of anilines is 1. The number of nitrogens with zero attached hydrogens (tertiary/aromatic N) is 4. The fraction of sp³-hybridized carbons (Fsp3) is 0.615. The Labute approximate surface area is 113 Å². The van der Waals surface area contributed by atoms with E-state index in [0.717, 1.165) is 16.9 Å². The van der Waals surface area contributed by atoms with Crippen molar-refractivity contribution in [2.75, 3.05) is 12.4 Å². The fourth-order valence-electron chi connectivity index (χ4n) is 1.72. The second kappa shape index (κ2) is 5.52. The maximum absolute atomic E-state index is 5.77. The van der Waals surface area contributed by atoms with E-state index in [2.05, 4.69) is 41.2 Å². The third-order valence-corrected chi connectivity index (χ3v) is 3.29. The van der Waals surface area contributed by atoms with Crippen molar-refractivity contribution >= 4 is 16.9 Å². The van der Waals surface area contributed by atoms with Gasteiger partial charge in [0.25, 0.3) is 0 Å². The molecule has 1 N–H and O–H groups in total. The Balaban J connectivity index is 2.26. The molecule has 0 spiro atoms. The number of nitrogens with one attached hydrogen (secondary N) is 1. The molecule has 1 unspecified atom stereocenters. The van der Waals surface area contributed by atoms with Crippen molar-refractivity contribution in [3.05, 3.63) is 12.0 Å². The van der Waals surface area contributed by atoms with E-state index >= 15 is 0 Å². The molecule has 2 rings (SSSR count). The van der Waals surface area contributed by atoms with Crippen molar-refractivity contribution in [1.29, 1.82) is 0 Å². The molecule has 104 valence electrons. The number of aryl methyl sites for hydroxylation is 1. The first-order chi connectivity index (χ1) is 9.02. The molecule has 0 fully saturated rings. The van der Waals surface area contributed by atoms with Gasteiger partial charge in [0.2, 0.25) is 0 Å². The smallest absolute Gasteiger partial charge is 0.163 e. The predicted molar refractivity (Wildman–Crippen MR) is 74.9 cm³/mol. The van der Waals surface area contributed by atoms with E-state index in [9.17, 15) is 0 Å². The number of aromatic nitrogens is 4. The topological polar surface area (TPSA) is 64.9 Å². The first-order valence-electron chi connectivity index (χ1n) is 6.51. The second-order valence-corrected chi connectivity index (χ2v) is 5.00. The van der Waals surface area contributed by atoms with Crippen molar-refractivity contribution in [1.82, 2.24) is 19.7 Å². The SMILES string of the molecule is CNc1nc(COC(C)C(C)C)nc2c1cnn2C. The highest BCUT2D eigenvalue weighted by molar-refractivity contribution is 5.86. The van der Waals surface area contributed by atoms with Crippen molar-refractivity contribution in [2.24, 2.45) is 13.0 Å². The Kier molecular flexibility index (Phi) is 3.99. The van der Waals surface area contributed by atoms with Gasteiger partial charge in [-0.2, -0.15) is 5.10 Å². The van der Waals surface area contributed by atoms with Crippen molar-refractivity contribution in [2.45, 2.75) is 33.5 Å². The van der Waals surface area contributed by atoms with Gasteiger partial charge in [0.05, 0.1) is 17.7 Å². The van der Waals surface area contributed by atoms with Gasteiger partial charge in [-0.3, -0.25) is 4.68 Å². The van der Waals surface area contributed by atoms with E-state index in [0.29, 0.717) is 18.3 Å². The van der Waals surface area contributed by atoms with Gasteiger partial charge in [0, 0.05) is 14.1 Å². The van der Waals surface area contributed by atoms with E-state index in [1.807, 2.05) is 14.1 Å². The highest BCUT2D eigenvalue weighted by Gasteiger charge is 2.12. The zero-order valence-electron chi connectivity index (χ0n) is 12.1. The number of hydrogen-bond donors (Lipinski definition) is 1. The van der Waals surface area contributed by atoms with Crippen LogP contribution in [-0.4, -0.2) is 32.9 Å². The van der Waals surface area contributed by atoms with Crippen LogP contribution >= 0.6 is 0 Å². The molecule has 0 aliphatic heterocycles. The minimum absolute atomic E-state index is 0.184. The second-order valence-electron chi connectivity index (χ2n) is 5.00. The molecule has 6 heteroatoms. The number of ether oxygens (including phenoxy) is 1. The zero-order valence-corrected chi connectivity index (χ0v) is 12.1. The van der Waals surface area contributed by atoms with Crippen molar-refractivity contribution in [3.8, 4) is 0 Å². The minimum Gasteiger partial charge on any atom is -0.372 e. The molecule has 1 atom stereocenters. The summed E-state index contributed by atoms with van der Waals surface area (Å²) in [6.45, 7) is 6.74. The van der Waals surface area contributed by atoms with E-state index in [-0.39, 0.29) is 6.10 Å². The Morgan fingerprint density at radius 3 is 2.68 bits per heavy atom. The molecule has 2 aromatic heterocycles. The Morgan fingerprint density at radius 2 is 2.05 bits per heavy atom. The molecule has 0 saturated carbocycles. The quantitative estimate of drug-likeness (QED) is 0.893. The van der Waals surface area contributed by atoms with Crippen molar-refractivity contribution < 1.29 is 4.74 Å². The lowest BCUT2D eigenvalue weighted by Crippen LogP contribution is -2.16. The van der Waals surface area contributed by atoms with Gasteiger partial charge in [-0.25, -0.2) is 9.97 Å². The number of fused-ring (bicyclic) bond motifs is 1. The fourth-order valence-corrected chi connectivity index (χ4v) is 1.72. The molecule has 0 aromatic carbocycles. The summed E-state index contributed by atoms with van der Waals surface area (Å²) in [5.41, 5.74) is 0.815. The van der Waals surface area contributed by atoms with Gasteiger partial charge in [0.15, 0.2) is 11.5 Å². The molecular formula is C13H21N5O. The molecule has 0 saturated heterocycles. The lowest BCUT2D eigenvalue weighted by molar-refractivity contribution is 0.0201. The van der Waals surface area contributed by atoms with Crippen LogP contribution in [0.4, 0.5) is 5.82 Å². The first kappa shape index (κ1) is 13.7. The summed E-state index contributed by atoms with van der Waals surface area (Å²) in [6.07, 6.45) is 1.95. The average molecular weight is 263 g/mol. The van der Waals surface area contributed by atoms with E-state index in [4.69, 9.17) is 4.74 Å². The molecule has 19 heavy (non-hydrogen) atoms. The molecule has 0 radical (unpaired) electrons. The average Bonchev–Trinajstić information content (AvgIpc) is 2.77. The van der Waals surface area contributed by atoms with Crippen LogP contribution in [0.25, 0.3) is 11.0 Å². The summed E-state index contributed by atoms with van der Waals surface area (Å²) in [5.74, 6) is 1.94. The summed E-state index contributed by atoms with van der Waals surface area (Å²) < 4.78 is 7.52. The van der Waals surface area contributed by atoms with Crippen LogP contribution in [0.3, 0.4) is 0 Å². The normalized spacial score (nSPS) is 13.2. The van der Waals surface area contributed by atoms with Gasteiger partial charge >= 0.3 is 0 Å². The standard InChI is InChI=1S/C13H21N5O/c1-8(2)9(3)19-7-11-16-12(14-4)10-6-15-18(5)13(10)17-11/h6,8-9H,7H2,1-5H3,(H,14,16,17). The summed E-state index contributed by atoms with van der Waals surface area (Å²) in [5, 5.41) is 8.20. The van der Waals surface area contributed by atoms with Crippen LogP contribution in [0.1, 0.15) is 26.6 Å². The van der Waals surface area contributed by atoms with Crippen LogP contribution in [0.5, 0.6) is 0 Å². The van der Waals surface area contributed by atoms with E-state index in [1.165, 1.54) is 0 Å². The Hall–Kier alpha value is -1.69. The predicted octanol–water partition coefficient (Wildman–Crippen LogP) is 1.97. The molecule has 2 aromatic rings. The molecule has 0 aliphatic rings. The summed E-state index contributed by atoms with van der Waals surface area (Å²) in [4.78, 5) is 8.96. The molecule has 0 bridgehead atoms. The maximum atomic E-state index is 5.77. The number of hydrogen-bond acceptors (Lipinski definition) is 5. The maximum Gasteiger partial charge on any atom is 0.163 e. The molecular weight excluding hydrogens is 242 g/mol. The van der Waals surface area contributed by atoms with Gasteiger partial charge in [-0.15, -0.1) is 0 Å². The highest BCUT2D eigenvalue weighted by Crippen LogP contribution is 2.19. The lowest BCUT2D eigenvalue weighted by atomic mass is 10.1. The highest BCUT2D eigenvalue weighted by atomic mass is 16.5. The summed E-state index contributed by atoms with van der Waals surface area (Å²) >= 11 is 0. The monoisotopic (exact) mass is 263 g/mol. The summed E-state index contributed by atoms with van der Waals surface area (Å²) in [6, 6.07) is 0. The lowest BCUT2D eigenvalue weighted by Gasteiger charge is -2.16. The largest absolute Gasteiger partial charge is 0.372 e. The molecule has 0 aliphatic carbocycles. The van der Waals surface area contributed by atoms with Gasteiger partial charge in [-0.05, 0) is 12.8 Å². The molecule has 2 heterocycles. The third kappa shape index (κ3) is 2.84. The van der Waals surface area contributed by atoms with Crippen LogP contribution < -0.4 is 5.32 Å². The first-order valence-corrected chi connectivity index (χ1v) is 6.51. The molecule has 6 nitrogen and oxygen atoms in total.